The Morgan fingerprint density at radius 2 is 1.04 bits per heavy atom. The van der Waals surface area contributed by atoms with Gasteiger partial charge in [-0.05, 0) is 48.5 Å². The van der Waals surface area contributed by atoms with Crippen molar-refractivity contribution in [2.75, 3.05) is 0 Å². The number of hydrogen-bond acceptors (Lipinski definition) is 3. The van der Waals surface area contributed by atoms with Crippen molar-refractivity contribution < 1.29 is 0 Å². The second kappa shape index (κ2) is 11.0. The van der Waals surface area contributed by atoms with Crippen LogP contribution < -0.4 is 0 Å². The summed E-state index contributed by atoms with van der Waals surface area (Å²) in [6.45, 7) is 0. The number of nitrogens with zero attached hydrogens (tertiary/aromatic N) is 4. The third-order valence-electron chi connectivity index (χ3n) is 10.1. The van der Waals surface area contributed by atoms with Crippen molar-refractivity contribution in [3.05, 3.63) is 170 Å². The Balaban J connectivity index is 1.23. The first kappa shape index (κ1) is 28.3. The molecule has 11 rings (SSSR count). The van der Waals surface area contributed by atoms with E-state index in [0.717, 1.165) is 33.7 Å². The molecule has 51 heavy (non-hydrogen) atoms. The lowest BCUT2D eigenvalue weighted by Crippen LogP contribution is -2.02. The Morgan fingerprint density at radius 3 is 1.80 bits per heavy atom. The van der Waals surface area contributed by atoms with Gasteiger partial charge in [-0.3, -0.25) is 4.57 Å². The summed E-state index contributed by atoms with van der Waals surface area (Å²) >= 11 is 1.86. The van der Waals surface area contributed by atoms with Crippen molar-refractivity contribution in [1.29, 1.82) is 0 Å². The Hall–Kier alpha value is -6.56. The largest absolute Gasteiger partial charge is 0.309 e. The van der Waals surface area contributed by atoms with Crippen molar-refractivity contribution in [2.24, 2.45) is 0 Å². The molecule has 238 valence electrons. The van der Waals surface area contributed by atoms with Crippen LogP contribution in [-0.4, -0.2) is 19.1 Å². The number of fused-ring (bicyclic) bond motifs is 10. The van der Waals surface area contributed by atoms with E-state index in [1.165, 1.54) is 58.4 Å². The average Bonchev–Trinajstić information content (AvgIpc) is 3.85. The highest BCUT2D eigenvalue weighted by molar-refractivity contribution is 7.26. The number of rotatable bonds is 4. The summed E-state index contributed by atoms with van der Waals surface area (Å²) < 4.78 is 7.27. The summed E-state index contributed by atoms with van der Waals surface area (Å²) in [5, 5.41) is 7.59. The van der Waals surface area contributed by atoms with Crippen molar-refractivity contribution in [3.63, 3.8) is 0 Å². The SMILES string of the molecule is c1ccc(-c2cc(-n3c4ccccc4c4cc5c(cc43)sc3ccc4c(c6ccccc6n4-c4ccccc4)c35)nc(-c3ccccc3)n2)cc1. The lowest BCUT2D eigenvalue weighted by atomic mass is 10.0. The first-order valence-electron chi connectivity index (χ1n) is 17.2. The maximum Gasteiger partial charge on any atom is 0.162 e. The van der Waals surface area contributed by atoms with Gasteiger partial charge in [-0.25, -0.2) is 9.97 Å². The van der Waals surface area contributed by atoms with E-state index in [2.05, 4.69) is 155 Å². The highest BCUT2D eigenvalue weighted by Gasteiger charge is 2.21. The fourth-order valence-corrected chi connectivity index (χ4v) is 9.04. The average molecular weight is 669 g/mol. The molecule has 0 saturated heterocycles. The molecule has 5 heteroatoms. The van der Waals surface area contributed by atoms with Gasteiger partial charge in [0.25, 0.3) is 0 Å². The van der Waals surface area contributed by atoms with Crippen LogP contribution in [-0.2, 0) is 0 Å². The molecule has 0 aliphatic carbocycles. The van der Waals surface area contributed by atoms with Crippen molar-refractivity contribution in [1.82, 2.24) is 19.1 Å². The van der Waals surface area contributed by atoms with Crippen LogP contribution in [0.4, 0.5) is 0 Å². The van der Waals surface area contributed by atoms with Gasteiger partial charge in [0.1, 0.15) is 5.82 Å². The van der Waals surface area contributed by atoms with Crippen LogP contribution in [0.25, 0.3) is 97.9 Å². The quantitative estimate of drug-likeness (QED) is 0.187. The van der Waals surface area contributed by atoms with Gasteiger partial charge in [-0.2, -0.15) is 0 Å². The minimum atomic E-state index is 0.707. The lowest BCUT2D eigenvalue weighted by Gasteiger charge is -2.12. The Bertz CT molecular complexity index is 3060. The van der Waals surface area contributed by atoms with E-state index < -0.39 is 0 Å². The van der Waals surface area contributed by atoms with Gasteiger partial charge in [0.05, 0.1) is 27.8 Å². The first-order valence-corrected chi connectivity index (χ1v) is 18.0. The highest BCUT2D eigenvalue weighted by Crippen LogP contribution is 2.46. The molecular weight excluding hydrogens is 641 g/mol. The number of benzene rings is 7. The third kappa shape index (κ3) is 4.25. The molecule has 0 bridgehead atoms. The molecule has 0 atom stereocenters. The van der Waals surface area contributed by atoms with Crippen molar-refractivity contribution in [2.45, 2.75) is 0 Å². The van der Waals surface area contributed by atoms with Gasteiger partial charge in [0.2, 0.25) is 0 Å². The summed E-state index contributed by atoms with van der Waals surface area (Å²) in [5.41, 5.74) is 8.81. The second-order valence-electron chi connectivity index (χ2n) is 13.0. The van der Waals surface area contributed by atoms with Gasteiger partial charge < -0.3 is 4.57 Å². The molecule has 4 nitrogen and oxygen atoms in total. The molecule has 0 aliphatic rings. The fraction of sp³-hybridized carbons (Fsp3) is 0. The monoisotopic (exact) mass is 668 g/mol. The van der Waals surface area contributed by atoms with Gasteiger partial charge in [-0.15, -0.1) is 11.3 Å². The molecule has 0 fully saturated rings. The molecule has 4 heterocycles. The van der Waals surface area contributed by atoms with Crippen LogP contribution >= 0.6 is 11.3 Å². The maximum absolute atomic E-state index is 5.25. The van der Waals surface area contributed by atoms with Crippen molar-refractivity contribution >= 4 is 75.1 Å². The van der Waals surface area contributed by atoms with E-state index in [9.17, 15) is 0 Å². The first-order chi connectivity index (χ1) is 25.3. The number of thiophene rings is 1. The van der Waals surface area contributed by atoms with Gasteiger partial charge in [0.15, 0.2) is 5.82 Å². The van der Waals surface area contributed by atoms with E-state index >= 15 is 0 Å². The van der Waals surface area contributed by atoms with Gasteiger partial charge in [-0.1, -0.05) is 115 Å². The maximum atomic E-state index is 5.25. The summed E-state index contributed by atoms with van der Waals surface area (Å²) in [4.78, 5) is 10.3. The summed E-state index contributed by atoms with van der Waals surface area (Å²) in [5.74, 6) is 1.56. The zero-order chi connectivity index (χ0) is 33.5. The van der Waals surface area contributed by atoms with Crippen LogP contribution in [0.5, 0.6) is 0 Å². The zero-order valence-corrected chi connectivity index (χ0v) is 28.2. The van der Waals surface area contributed by atoms with Crippen LogP contribution in [0.2, 0.25) is 0 Å². The summed E-state index contributed by atoms with van der Waals surface area (Å²) in [6, 6.07) is 60.4. The molecule has 0 unspecified atom stereocenters. The van der Waals surface area contributed by atoms with Crippen LogP contribution in [0.3, 0.4) is 0 Å². The number of hydrogen-bond donors (Lipinski definition) is 0. The summed E-state index contributed by atoms with van der Waals surface area (Å²) in [6.07, 6.45) is 0. The second-order valence-corrected chi connectivity index (χ2v) is 14.1. The smallest absolute Gasteiger partial charge is 0.162 e. The predicted octanol–water partition coefficient (Wildman–Crippen LogP) is 12.4. The molecule has 0 spiro atoms. The standard InChI is InChI=1S/C46H28N4S/c1-4-14-29(15-5-1)36-27-43(48-46(47-36)30-16-6-2-7-17-30)50-37-22-12-10-20-32(37)34-26-35-42(28-40(34)50)51-41-25-24-39-44(45(35)41)33-21-11-13-23-38(33)49(39)31-18-8-3-9-19-31/h1-28H. The molecule has 0 N–H and O–H groups in total. The van der Waals surface area contributed by atoms with E-state index in [0.29, 0.717) is 5.82 Å². The molecule has 0 saturated carbocycles. The number of para-hydroxylation sites is 3. The minimum Gasteiger partial charge on any atom is -0.309 e. The topological polar surface area (TPSA) is 35.6 Å². The zero-order valence-electron chi connectivity index (χ0n) is 27.4. The predicted molar refractivity (Wildman–Crippen MR) is 214 cm³/mol. The lowest BCUT2D eigenvalue weighted by molar-refractivity contribution is 1.05. The van der Waals surface area contributed by atoms with Crippen molar-refractivity contribution in [3.8, 4) is 34.2 Å². The Kier molecular flexibility index (Phi) is 6.09. The molecule has 7 aromatic carbocycles. The Labute approximate surface area is 297 Å². The molecule has 4 aromatic heterocycles. The van der Waals surface area contributed by atoms with Crippen LogP contribution in [0, 0.1) is 0 Å². The van der Waals surface area contributed by atoms with E-state index in [1.807, 2.05) is 35.6 Å². The minimum absolute atomic E-state index is 0.707. The van der Waals surface area contributed by atoms with Crippen LogP contribution in [0.15, 0.2) is 170 Å². The number of aromatic nitrogens is 4. The molecule has 0 aliphatic heterocycles. The molecule has 0 radical (unpaired) electrons. The summed E-state index contributed by atoms with van der Waals surface area (Å²) in [7, 11) is 0. The van der Waals surface area contributed by atoms with Gasteiger partial charge in [0, 0.05) is 64.6 Å². The van der Waals surface area contributed by atoms with E-state index in [4.69, 9.17) is 9.97 Å². The normalized spacial score (nSPS) is 11.9. The molecular formula is C46H28N4S. The third-order valence-corrected chi connectivity index (χ3v) is 11.2. The van der Waals surface area contributed by atoms with Crippen LogP contribution in [0.1, 0.15) is 0 Å². The fourth-order valence-electron chi connectivity index (χ4n) is 7.91. The molecule has 11 aromatic rings. The van der Waals surface area contributed by atoms with Gasteiger partial charge >= 0.3 is 0 Å². The van der Waals surface area contributed by atoms with E-state index in [-0.39, 0.29) is 0 Å². The highest BCUT2D eigenvalue weighted by atomic mass is 32.1. The van der Waals surface area contributed by atoms with E-state index in [1.54, 1.807) is 0 Å². The molecule has 0 amide bonds. The Morgan fingerprint density at radius 1 is 0.392 bits per heavy atom.